The number of carbonyl (C=O) groups excluding carboxylic acids is 2. The number of amides is 2. The molecule has 0 bridgehead atoms. The van der Waals surface area contributed by atoms with Crippen LogP contribution in [0, 0.1) is 13.8 Å². The van der Waals surface area contributed by atoms with Crippen LogP contribution in [0.3, 0.4) is 0 Å². The van der Waals surface area contributed by atoms with Gasteiger partial charge >= 0.3 is 0 Å². The predicted octanol–water partition coefficient (Wildman–Crippen LogP) is 4.17. The van der Waals surface area contributed by atoms with Gasteiger partial charge in [0.05, 0.1) is 17.3 Å². The monoisotopic (exact) mass is 487 g/mol. The molecule has 2 heterocycles. The maximum atomic E-state index is 12.9. The lowest BCUT2D eigenvalue weighted by molar-refractivity contribution is -0.134. The first-order chi connectivity index (χ1) is 15.4. The molecule has 1 saturated heterocycles. The van der Waals surface area contributed by atoms with Gasteiger partial charge in [0.15, 0.2) is 5.16 Å². The zero-order valence-corrected chi connectivity index (χ0v) is 20.0. The van der Waals surface area contributed by atoms with E-state index < -0.39 is 6.04 Å². The smallest absolute Gasteiger partial charge is 0.248 e. The molecule has 0 spiro atoms. The van der Waals surface area contributed by atoms with Gasteiger partial charge < -0.3 is 10.2 Å². The molecule has 2 aromatic carbocycles. The third-order valence-corrected chi connectivity index (χ3v) is 7.38. The second-order valence-corrected chi connectivity index (χ2v) is 9.80. The lowest BCUT2D eigenvalue weighted by atomic mass is 10.1. The normalized spacial score (nSPS) is 15.7. The Morgan fingerprint density at radius 1 is 1.22 bits per heavy atom. The van der Waals surface area contributed by atoms with Crippen molar-refractivity contribution < 1.29 is 9.59 Å². The molecule has 7 nitrogen and oxygen atoms in total. The number of aromatic nitrogens is 3. The zero-order valence-electron chi connectivity index (χ0n) is 17.6. The Labute approximate surface area is 199 Å². The number of halogens is 1. The Bertz CT molecular complexity index is 1150. The number of rotatable bonds is 6. The maximum Gasteiger partial charge on any atom is 0.248 e. The van der Waals surface area contributed by atoms with E-state index >= 15 is 0 Å². The van der Waals surface area contributed by atoms with E-state index in [0.29, 0.717) is 21.8 Å². The van der Waals surface area contributed by atoms with E-state index in [1.54, 1.807) is 39.7 Å². The minimum absolute atomic E-state index is 0.110. The maximum absolute atomic E-state index is 12.9. The molecule has 166 valence electrons. The molecule has 1 aromatic heterocycles. The second-order valence-electron chi connectivity index (χ2n) is 7.42. The van der Waals surface area contributed by atoms with Crippen LogP contribution in [0.5, 0.6) is 0 Å². The summed E-state index contributed by atoms with van der Waals surface area (Å²) in [5.74, 6) is 0.948. The van der Waals surface area contributed by atoms with Gasteiger partial charge in [-0.25, -0.2) is 0 Å². The molecule has 32 heavy (non-hydrogen) atoms. The molecule has 1 atom stereocenters. The highest BCUT2D eigenvalue weighted by atomic mass is 35.5. The molecule has 4 rings (SSSR count). The summed E-state index contributed by atoms with van der Waals surface area (Å²) < 4.78 is 1.78. The molecule has 0 saturated carbocycles. The van der Waals surface area contributed by atoms with Crippen LogP contribution in [0.15, 0.2) is 53.9 Å². The lowest BCUT2D eigenvalue weighted by Gasteiger charge is -2.23. The van der Waals surface area contributed by atoms with E-state index in [0.717, 1.165) is 16.9 Å². The van der Waals surface area contributed by atoms with Gasteiger partial charge in [-0.2, -0.15) is 0 Å². The van der Waals surface area contributed by atoms with Gasteiger partial charge in [0.25, 0.3) is 0 Å². The molecule has 1 unspecified atom stereocenters. The highest BCUT2D eigenvalue weighted by Crippen LogP contribution is 2.26. The average molecular weight is 488 g/mol. The van der Waals surface area contributed by atoms with Gasteiger partial charge in [-0.15, -0.1) is 22.0 Å². The molecule has 1 N–H and O–H groups in total. The van der Waals surface area contributed by atoms with Crippen molar-refractivity contribution in [2.45, 2.75) is 25.0 Å². The molecular weight excluding hydrogens is 466 g/mol. The van der Waals surface area contributed by atoms with Crippen molar-refractivity contribution >= 4 is 52.6 Å². The number of nitrogens with zero attached hydrogens (tertiary/aromatic N) is 4. The summed E-state index contributed by atoms with van der Waals surface area (Å²) in [4.78, 5) is 27.4. The van der Waals surface area contributed by atoms with Crippen LogP contribution in [0.2, 0.25) is 5.02 Å². The van der Waals surface area contributed by atoms with E-state index in [9.17, 15) is 9.59 Å². The van der Waals surface area contributed by atoms with Crippen LogP contribution >= 0.6 is 35.1 Å². The first-order valence-corrected chi connectivity index (χ1v) is 12.5. The average Bonchev–Trinajstić information content (AvgIpc) is 3.44. The Morgan fingerprint density at radius 2 is 2.06 bits per heavy atom. The van der Waals surface area contributed by atoms with Crippen LogP contribution in [-0.4, -0.2) is 54.9 Å². The Morgan fingerprint density at radius 3 is 2.84 bits per heavy atom. The summed E-state index contributed by atoms with van der Waals surface area (Å²) in [5, 5.41) is 12.2. The zero-order chi connectivity index (χ0) is 22.7. The summed E-state index contributed by atoms with van der Waals surface area (Å²) in [6, 6.07) is 12.6. The fourth-order valence-corrected chi connectivity index (χ4v) is 5.47. The quantitative estimate of drug-likeness (QED) is 0.525. The molecule has 3 aromatic rings. The van der Waals surface area contributed by atoms with Crippen molar-refractivity contribution in [2.24, 2.45) is 0 Å². The van der Waals surface area contributed by atoms with Gasteiger partial charge in [-0.3, -0.25) is 14.2 Å². The van der Waals surface area contributed by atoms with Crippen molar-refractivity contribution in [3.63, 3.8) is 0 Å². The highest BCUT2D eigenvalue weighted by molar-refractivity contribution is 8.00. The minimum atomic E-state index is -0.500. The number of nitrogens with one attached hydrogen (secondary N) is 1. The summed E-state index contributed by atoms with van der Waals surface area (Å²) in [6.45, 7) is 4.03. The molecule has 10 heteroatoms. The molecule has 1 fully saturated rings. The van der Waals surface area contributed by atoms with Crippen LogP contribution in [-0.2, 0) is 9.59 Å². The third-order valence-electron chi connectivity index (χ3n) is 5.21. The number of thioether (sulfide) groups is 2. The third kappa shape index (κ3) is 5.11. The first-order valence-electron chi connectivity index (χ1n) is 9.96. The number of aryl methyl sites for hydroxylation is 2. The summed E-state index contributed by atoms with van der Waals surface area (Å²) in [5.41, 5.74) is 3.84. The van der Waals surface area contributed by atoms with Crippen LogP contribution in [0.4, 0.5) is 5.69 Å². The standard InChI is InChI=1S/C22H22ClN5O2S2/c1-14-6-7-17(8-15(14)2)25-21(30)19-10-31-13-28(19)20(29)11-32-22-26-24-12-27(22)18-5-3-4-16(23)9-18/h3-9,12,19H,10-11,13H2,1-2H3,(H,25,30). The predicted molar refractivity (Wildman–Crippen MR) is 130 cm³/mol. The second kappa shape index (κ2) is 9.97. The summed E-state index contributed by atoms with van der Waals surface area (Å²) in [6.07, 6.45) is 1.59. The molecule has 1 aliphatic heterocycles. The van der Waals surface area contributed by atoms with Crippen molar-refractivity contribution in [3.8, 4) is 5.69 Å². The number of anilines is 1. The fourth-order valence-electron chi connectivity index (χ4n) is 3.29. The lowest BCUT2D eigenvalue weighted by Crippen LogP contribution is -2.45. The fraction of sp³-hybridized carbons (Fsp3) is 0.273. The van der Waals surface area contributed by atoms with Crippen molar-refractivity contribution in [2.75, 3.05) is 22.7 Å². The van der Waals surface area contributed by atoms with Gasteiger partial charge in [-0.05, 0) is 55.3 Å². The van der Waals surface area contributed by atoms with Gasteiger partial charge in [0.2, 0.25) is 11.8 Å². The number of hydrogen-bond acceptors (Lipinski definition) is 6. The molecule has 1 aliphatic rings. The van der Waals surface area contributed by atoms with E-state index in [2.05, 4.69) is 15.5 Å². The van der Waals surface area contributed by atoms with Gasteiger partial charge in [0, 0.05) is 16.5 Å². The van der Waals surface area contributed by atoms with Crippen LogP contribution in [0.1, 0.15) is 11.1 Å². The van der Waals surface area contributed by atoms with Crippen LogP contribution < -0.4 is 5.32 Å². The molecule has 2 amide bonds. The number of benzene rings is 2. The summed E-state index contributed by atoms with van der Waals surface area (Å²) in [7, 11) is 0. The molecular formula is C22H22ClN5O2S2. The minimum Gasteiger partial charge on any atom is -0.324 e. The van der Waals surface area contributed by atoms with E-state index in [1.165, 1.54) is 17.3 Å². The number of hydrogen-bond donors (Lipinski definition) is 1. The largest absolute Gasteiger partial charge is 0.324 e. The highest BCUT2D eigenvalue weighted by Gasteiger charge is 2.34. The van der Waals surface area contributed by atoms with Crippen molar-refractivity contribution in [3.05, 3.63) is 64.9 Å². The van der Waals surface area contributed by atoms with E-state index in [1.807, 2.05) is 44.2 Å². The Hall–Kier alpha value is -2.49. The SMILES string of the molecule is Cc1ccc(NC(=O)C2CSCN2C(=O)CSc2nncn2-c2cccc(Cl)c2)cc1C. The van der Waals surface area contributed by atoms with Gasteiger partial charge in [0.1, 0.15) is 12.4 Å². The first kappa shape index (κ1) is 22.7. The van der Waals surface area contributed by atoms with Crippen molar-refractivity contribution in [1.82, 2.24) is 19.7 Å². The van der Waals surface area contributed by atoms with Gasteiger partial charge in [-0.1, -0.05) is 35.5 Å². The van der Waals surface area contributed by atoms with Crippen molar-refractivity contribution in [1.29, 1.82) is 0 Å². The molecule has 0 radical (unpaired) electrons. The summed E-state index contributed by atoms with van der Waals surface area (Å²) >= 11 is 8.95. The number of carbonyl (C=O) groups is 2. The Balaban J connectivity index is 1.40. The molecule has 0 aliphatic carbocycles. The Kier molecular flexibility index (Phi) is 7.07. The van der Waals surface area contributed by atoms with Crippen LogP contribution in [0.25, 0.3) is 5.69 Å². The topological polar surface area (TPSA) is 80.1 Å². The van der Waals surface area contributed by atoms with E-state index in [4.69, 9.17) is 11.6 Å². The van der Waals surface area contributed by atoms with E-state index in [-0.39, 0.29) is 17.6 Å².